The summed E-state index contributed by atoms with van der Waals surface area (Å²) in [6.07, 6.45) is 3.73. The molecule has 4 nitrogen and oxygen atoms in total. The fraction of sp³-hybridized carbons (Fsp3) is 0.571. The summed E-state index contributed by atoms with van der Waals surface area (Å²) in [4.78, 5) is 20.5. The molecule has 0 saturated carbocycles. The molecule has 0 aliphatic carbocycles. The lowest BCUT2D eigenvalue weighted by Crippen LogP contribution is -2.06. The van der Waals surface area contributed by atoms with E-state index in [0.717, 1.165) is 12.8 Å². The highest BCUT2D eigenvalue weighted by molar-refractivity contribution is 5.85. The molecule has 0 amide bonds. The number of esters is 1. The van der Waals surface area contributed by atoms with Gasteiger partial charge >= 0.3 is 11.9 Å². The van der Waals surface area contributed by atoms with Crippen molar-refractivity contribution in [3.05, 3.63) is 24.8 Å². The largest absolute Gasteiger partial charge is 0.478 e. The van der Waals surface area contributed by atoms with E-state index >= 15 is 0 Å². The van der Waals surface area contributed by atoms with Crippen molar-refractivity contribution < 1.29 is 19.4 Å². The number of carboxylic acid groups (broad SMARTS) is 1. The van der Waals surface area contributed by atoms with Crippen LogP contribution < -0.4 is 0 Å². The Balaban J connectivity index is 0. The van der Waals surface area contributed by atoms with Gasteiger partial charge in [-0.15, -0.1) is 0 Å². The van der Waals surface area contributed by atoms with Crippen molar-refractivity contribution in [1.82, 2.24) is 0 Å². The lowest BCUT2D eigenvalue weighted by molar-refractivity contribution is -0.138. The van der Waals surface area contributed by atoms with Gasteiger partial charge in [0.25, 0.3) is 0 Å². The molecule has 0 fully saturated rings. The molecule has 0 aromatic rings. The van der Waals surface area contributed by atoms with Crippen molar-refractivity contribution in [1.29, 1.82) is 0 Å². The number of aliphatic carboxylic acids is 1. The molecule has 0 heterocycles. The molecule has 0 spiro atoms. The molecule has 0 saturated heterocycles. The molecule has 4 heteroatoms. The monoisotopic (exact) mass is 256 g/mol. The highest BCUT2D eigenvalue weighted by Crippen LogP contribution is 2.03. The Labute approximate surface area is 109 Å². The van der Waals surface area contributed by atoms with Gasteiger partial charge in [-0.2, -0.15) is 0 Å². The van der Waals surface area contributed by atoms with Gasteiger partial charge in [0.05, 0.1) is 6.61 Å². The first-order valence-corrected chi connectivity index (χ1v) is 6.05. The normalized spacial score (nSPS) is 9.11. The minimum absolute atomic E-state index is 0.317. The van der Waals surface area contributed by atoms with Crippen LogP contribution >= 0.6 is 0 Å². The molecule has 0 bridgehead atoms. The van der Waals surface area contributed by atoms with E-state index in [2.05, 4.69) is 13.2 Å². The number of unbranched alkanes of at least 4 members (excludes halogenated alkanes) is 1. The standard InChI is InChI=1S/2C7H12O2/c1-4-7(8)9-5-6(2)3;1-3-4-5-6(2)7(8)9/h4,6H,1,5H2,2-3H3;2-5H2,1H3,(H,8,9). The molecular weight excluding hydrogens is 232 g/mol. The van der Waals surface area contributed by atoms with Crippen LogP contribution in [0.5, 0.6) is 0 Å². The van der Waals surface area contributed by atoms with Gasteiger partial charge in [-0.3, -0.25) is 0 Å². The van der Waals surface area contributed by atoms with Gasteiger partial charge in [-0.1, -0.05) is 40.3 Å². The maximum atomic E-state index is 10.4. The lowest BCUT2D eigenvalue weighted by Gasteiger charge is -2.02. The van der Waals surface area contributed by atoms with Crippen molar-refractivity contribution in [2.24, 2.45) is 5.92 Å². The SMILES string of the molecule is C=C(CCCC)C(=O)O.C=CC(=O)OCC(C)C. The van der Waals surface area contributed by atoms with Gasteiger partial charge in [0.15, 0.2) is 0 Å². The first-order chi connectivity index (χ1) is 8.34. The number of hydrogen-bond donors (Lipinski definition) is 1. The van der Waals surface area contributed by atoms with Gasteiger partial charge in [0.2, 0.25) is 0 Å². The maximum Gasteiger partial charge on any atom is 0.330 e. The molecule has 0 aromatic carbocycles. The third kappa shape index (κ3) is 14.4. The van der Waals surface area contributed by atoms with Crippen molar-refractivity contribution in [3.8, 4) is 0 Å². The molecule has 0 atom stereocenters. The molecule has 104 valence electrons. The fourth-order valence-electron chi connectivity index (χ4n) is 0.805. The third-order valence-electron chi connectivity index (χ3n) is 1.86. The molecule has 0 rings (SSSR count). The van der Waals surface area contributed by atoms with Gasteiger partial charge in [-0.05, 0) is 18.8 Å². The Kier molecular flexibility index (Phi) is 12.4. The Morgan fingerprint density at radius 2 is 1.94 bits per heavy atom. The van der Waals surface area contributed by atoms with Gasteiger partial charge in [0.1, 0.15) is 0 Å². The molecule has 0 radical (unpaired) electrons. The van der Waals surface area contributed by atoms with Gasteiger partial charge in [-0.25, -0.2) is 9.59 Å². The minimum Gasteiger partial charge on any atom is -0.478 e. The Morgan fingerprint density at radius 1 is 1.39 bits per heavy atom. The highest BCUT2D eigenvalue weighted by atomic mass is 16.5. The van der Waals surface area contributed by atoms with E-state index in [0.29, 0.717) is 24.5 Å². The van der Waals surface area contributed by atoms with E-state index < -0.39 is 5.97 Å². The zero-order valence-corrected chi connectivity index (χ0v) is 11.6. The van der Waals surface area contributed by atoms with Crippen LogP contribution in [0.2, 0.25) is 0 Å². The summed E-state index contributed by atoms with van der Waals surface area (Å²) in [6.45, 7) is 13.1. The Morgan fingerprint density at radius 3 is 2.28 bits per heavy atom. The molecule has 1 N–H and O–H groups in total. The summed E-state index contributed by atoms with van der Waals surface area (Å²) in [6, 6.07) is 0. The summed E-state index contributed by atoms with van der Waals surface area (Å²) in [5, 5.41) is 8.31. The maximum absolute atomic E-state index is 10.4. The van der Waals surface area contributed by atoms with E-state index in [1.165, 1.54) is 6.08 Å². The molecule has 0 aliphatic heterocycles. The summed E-state index contributed by atoms with van der Waals surface area (Å²) >= 11 is 0. The van der Waals surface area contributed by atoms with Crippen molar-refractivity contribution >= 4 is 11.9 Å². The fourth-order valence-corrected chi connectivity index (χ4v) is 0.805. The van der Waals surface area contributed by atoms with Gasteiger partial charge in [0, 0.05) is 11.6 Å². The highest BCUT2D eigenvalue weighted by Gasteiger charge is 2.00. The van der Waals surface area contributed by atoms with Crippen LogP contribution in [0.1, 0.15) is 40.0 Å². The molecule has 0 unspecified atom stereocenters. The summed E-state index contributed by atoms with van der Waals surface area (Å²) in [5.74, 6) is -0.818. The van der Waals surface area contributed by atoms with E-state index in [1.807, 2.05) is 20.8 Å². The minimum atomic E-state index is -0.872. The van der Waals surface area contributed by atoms with Crippen LogP contribution in [0.15, 0.2) is 24.8 Å². The number of hydrogen-bond acceptors (Lipinski definition) is 3. The average Bonchev–Trinajstić information content (AvgIpc) is 2.33. The van der Waals surface area contributed by atoms with E-state index in [9.17, 15) is 9.59 Å². The molecule has 18 heavy (non-hydrogen) atoms. The van der Waals surface area contributed by atoms with E-state index in [4.69, 9.17) is 9.84 Å². The number of carbonyl (C=O) groups is 2. The Hall–Kier alpha value is -1.58. The molecule has 0 aliphatic rings. The van der Waals surface area contributed by atoms with E-state index in [1.54, 1.807) is 0 Å². The smallest absolute Gasteiger partial charge is 0.330 e. The second-order valence-corrected chi connectivity index (χ2v) is 4.24. The Bertz CT molecular complexity index is 280. The first kappa shape index (κ1) is 18.8. The number of ether oxygens (including phenoxy) is 1. The quantitative estimate of drug-likeness (QED) is 0.561. The summed E-state index contributed by atoms with van der Waals surface area (Å²) < 4.78 is 4.70. The first-order valence-electron chi connectivity index (χ1n) is 6.05. The zero-order chi connectivity index (χ0) is 14.6. The summed E-state index contributed by atoms with van der Waals surface area (Å²) in [5.41, 5.74) is 0.317. The predicted octanol–water partition coefficient (Wildman–Crippen LogP) is 3.19. The molecular formula is C14H24O4. The number of carbonyl (C=O) groups excluding carboxylic acids is 1. The molecule has 0 aromatic heterocycles. The second-order valence-electron chi connectivity index (χ2n) is 4.24. The van der Waals surface area contributed by atoms with E-state index in [-0.39, 0.29) is 5.97 Å². The van der Waals surface area contributed by atoms with Gasteiger partial charge < -0.3 is 9.84 Å². The second kappa shape index (κ2) is 11.9. The van der Waals surface area contributed by atoms with Crippen LogP contribution in [0, 0.1) is 5.92 Å². The number of rotatable bonds is 7. The zero-order valence-electron chi connectivity index (χ0n) is 11.6. The van der Waals surface area contributed by atoms with Crippen LogP contribution in [-0.2, 0) is 14.3 Å². The van der Waals surface area contributed by atoms with Crippen molar-refractivity contribution in [3.63, 3.8) is 0 Å². The summed E-state index contributed by atoms with van der Waals surface area (Å²) in [7, 11) is 0. The predicted molar refractivity (Wildman–Crippen MR) is 72.3 cm³/mol. The third-order valence-corrected chi connectivity index (χ3v) is 1.86. The lowest BCUT2D eigenvalue weighted by atomic mass is 10.1. The van der Waals surface area contributed by atoms with Crippen LogP contribution in [0.3, 0.4) is 0 Å². The van der Waals surface area contributed by atoms with Crippen LogP contribution in [0.4, 0.5) is 0 Å². The van der Waals surface area contributed by atoms with Crippen LogP contribution in [0.25, 0.3) is 0 Å². The number of carboxylic acids is 1. The average molecular weight is 256 g/mol. The van der Waals surface area contributed by atoms with Crippen molar-refractivity contribution in [2.45, 2.75) is 40.0 Å². The topological polar surface area (TPSA) is 63.6 Å². The van der Waals surface area contributed by atoms with Crippen LogP contribution in [-0.4, -0.2) is 23.7 Å². The van der Waals surface area contributed by atoms with Crippen molar-refractivity contribution in [2.75, 3.05) is 6.61 Å².